The van der Waals surface area contributed by atoms with E-state index in [-0.39, 0.29) is 59.7 Å². The van der Waals surface area contributed by atoms with Crippen LogP contribution in [0.1, 0.15) is 52.7 Å². The maximum atomic E-state index is 7.50. The van der Waals surface area contributed by atoms with Crippen LogP contribution >= 0.6 is 0 Å². The van der Waals surface area contributed by atoms with Crippen molar-refractivity contribution in [1.29, 1.82) is 0 Å². The van der Waals surface area contributed by atoms with E-state index in [9.17, 15) is 0 Å². The van der Waals surface area contributed by atoms with Gasteiger partial charge in [0.2, 0.25) is 0 Å². The molecule has 0 unspecified atom stereocenters. The fourth-order valence-corrected chi connectivity index (χ4v) is 4.16. The van der Waals surface area contributed by atoms with Crippen LogP contribution in [0.25, 0.3) is 0 Å². The molecule has 0 spiro atoms. The van der Waals surface area contributed by atoms with Gasteiger partial charge >= 0.3 is 110 Å². The average molecular weight is 717 g/mol. The zero-order valence-corrected chi connectivity index (χ0v) is 29.7. The smallest absolute Gasteiger partial charge is 2.00 e. The topological polar surface area (TPSA) is 119 Å². The summed E-state index contributed by atoms with van der Waals surface area (Å²) in [6.45, 7) is 50.0. The SMILES string of the molecule is C[Si-](C)[c-]1ccc(C(C)(C)C)c1.C[Si-](C)[c-]1ccc(C(C)(C)C)c1.[C-]#[O+].[C-]#[O+].[C-]#[O+].[C-]#[O+].[C-]#[O+].[C-]#[O+].[Mo+2].[Mo+2]. The standard InChI is InChI=1S/2C11H18Si.6CO.2Mo/c2*1-11(2,3)9-6-7-10(8-9)12(4)5;6*1-2;;/h2*6-8H,1-5H3;;;;;;;;/q2*-2;;;;;;;2*+2. The Labute approximate surface area is 262 Å². The Kier molecular flexibility index (Phi) is 53.9. The van der Waals surface area contributed by atoms with Crippen LogP contribution in [0.3, 0.4) is 0 Å². The van der Waals surface area contributed by atoms with Gasteiger partial charge in [-0.15, -0.1) is 0 Å². The van der Waals surface area contributed by atoms with Crippen molar-refractivity contribution in [3.8, 4) is 0 Å². The molecule has 6 nitrogen and oxygen atoms in total. The van der Waals surface area contributed by atoms with Crippen molar-refractivity contribution in [2.24, 2.45) is 0 Å². The molecule has 0 aliphatic rings. The molecule has 0 saturated heterocycles. The van der Waals surface area contributed by atoms with E-state index in [1.165, 1.54) is 11.1 Å². The van der Waals surface area contributed by atoms with Crippen molar-refractivity contribution in [2.45, 2.75) is 78.6 Å². The fourth-order valence-electron chi connectivity index (χ4n) is 2.44. The minimum absolute atomic E-state index is 0. The number of hydrogen-bond donors (Lipinski definition) is 0. The van der Waals surface area contributed by atoms with Crippen LogP contribution in [-0.2, 0) is 80.9 Å². The number of rotatable bonds is 2. The summed E-state index contributed by atoms with van der Waals surface area (Å²) in [5.74, 6) is 0. The first-order valence-corrected chi connectivity index (χ1v) is 15.2. The summed E-state index contributed by atoms with van der Waals surface area (Å²) < 4.78 is 45.0. The van der Waals surface area contributed by atoms with Gasteiger partial charge in [-0.2, -0.15) is 37.3 Å². The van der Waals surface area contributed by atoms with E-state index in [4.69, 9.17) is 27.9 Å². The van der Waals surface area contributed by atoms with E-state index in [1.807, 2.05) is 0 Å². The maximum absolute atomic E-state index is 7.50. The summed E-state index contributed by atoms with van der Waals surface area (Å²) in [6, 6.07) is 13.9. The van der Waals surface area contributed by atoms with Crippen molar-refractivity contribution < 1.29 is 70.0 Å². The third kappa shape index (κ3) is 29.5. The minimum atomic E-state index is -0.251. The van der Waals surface area contributed by atoms with Gasteiger partial charge in [-0.1, -0.05) is 52.4 Å². The Morgan fingerprint density at radius 1 is 0.500 bits per heavy atom. The van der Waals surface area contributed by atoms with Gasteiger partial charge < -0.3 is 17.6 Å². The van der Waals surface area contributed by atoms with Crippen LogP contribution in [0.2, 0.25) is 26.2 Å². The van der Waals surface area contributed by atoms with Gasteiger partial charge in [0.15, 0.2) is 0 Å². The second kappa shape index (κ2) is 36.0. The average Bonchev–Trinajstić information content (AvgIpc) is 3.58. The molecule has 0 aromatic heterocycles. The molecule has 38 heavy (non-hydrogen) atoms. The van der Waals surface area contributed by atoms with Crippen LogP contribution in [0, 0.1) is 39.9 Å². The molecule has 0 heterocycles. The second-order valence-electron chi connectivity index (χ2n) is 9.28. The summed E-state index contributed by atoms with van der Waals surface area (Å²) in [6.07, 6.45) is 0. The predicted molar refractivity (Wildman–Crippen MR) is 139 cm³/mol. The molecule has 204 valence electrons. The molecule has 0 aliphatic carbocycles. The number of hydrogen-bond acceptors (Lipinski definition) is 0. The van der Waals surface area contributed by atoms with Crippen molar-refractivity contribution in [2.75, 3.05) is 0 Å². The minimum Gasteiger partial charge on any atom is 2.00 e. The molecule has 2 aromatic carbocycles. The van der Waals surface area contributed by atoms with E-state index < -0.39 is 0 Å². The molecular formula is C28H36Mo2O6Si2. The van der Waals surface area contributed by atoms with Crippen LogP contribution in [-0.4, -0.2) is 17.6 Å². The van der Waals surface area contributed by atoms with E-state index in [0.29, 0.717) is 10.8 Å². The maximum Gasteiger partial charge on any atom is 2.00 e. The van der Waals surface area contributed by atoms with Crippen molar-refractivity contribution >= 4 is 28.0 Å². The van der Waals surface area contributed by atoms with Gasteiger partial charge in [0, 0.05) is 0 Å². The van der Waals surface area contributed by atoms with Crippen molar-refractivity contribution in [3.05, 3.63) is 87.4 Å². The Hall–Kier alpha value is -1.05. The van der Waals surface area contributed by atoms with E-state index in [1.54, 1.807) is 10.4 Å². The van der Waals surface area contributed by atoms with Crippen LogP contribution < -0.4 is 10.4 Å². The molecule has 10 heteroatoms. The second-order valence-corrected chi connectivity index (χ2v) is 14.4. The van der Waals surface area contributed by atoms with Gasteiger partial charge in [0.25, 0.3) is 0 Å². The molecular weight excluding hydrogens is 680 g/mol. The van der Waals surface area contributed by atoms with E-state index >= 15 is 0 Å². The zero-order valence-electron chi connectivity index (χ0n) is 23.7. The molecule has 0 atom stereocenters. The van der Waals surface area contributed by atoms with Crippen molar-refractivity contribution in [3.63, 3.8) is 0 Å². The monoisotopic (exact) mass is 720 g/mol. The van der Waals surface area contributed by atoms with Crippen LogP contribution in [0.4, 0.5) is 0 Å². The first-order valence-electron chi connectivity index (χ1n) is 10.2. The third-order valence-electron chi connectivity index (χ3n) is 4.39. The summed E-state index contributed by atoms with van der Waals surface area (Å²) in [4.78, 5) is 0. The quantitative estimate of drug-likeness (QED) is 0.234. The summed E-state index contributed by atoms with van der Waals surface area (Å²) in [5, 5.41) is 3.12. The Morgan fingerprint density at radius 3 is 0.763 bits per heavy atom. The Balaban J connectivity index is -0.0000000545. The van der Waals surface area contributed by atoms with Gasteiger partial charge in [0.1, 0.15) is 0 Å². The third-order valence-corrected chi connectivity index (χ3v) is 7.33. The van der Waals surface area contributed by atoms with Gasteiger partial charge in [-0.05, 0) is 0 Å². The zero-order chi connectivity index (χ0) is 30.7. The van der Waals surface area contributed by atoms with Crippen molar-refractivity contribution in [1.82, 2.24) is 0 Å². The van der Waals surface area contributed by atoms with Gasteiger partial charge in [-0.3, -0.25) is 10.4 Å². The molecule has 0 bridgehead atoms. The molecule has 2 rings (SSSR count). The predicted octanol–water partition coefficient (Wildman–Crippen LogP) is 5.10. The summed E-state index contributed by atoms with van der Waals surface area (Å²) in [5.41, 5.74) is 3.58. The summed E-state index contributed by atoms with van der Waals surface area (Å²) in [7, 11) is -0.502. The fraction of sp³-hybridized carbons (Fsp3) is 0.429. The van der Waals surface area contributed by atoms with Crippen LogP contribution in [0.5, 0.6) is 0 Å². The first kappa shape index (κ1) is 57.0. The molecule has 0 amide bonds. The molecule has 0 aliphatic heterocycles. The Morgan fingerprint density at radius 2 is 0.684 bits per heavy atom. The Bertz CT molecular complexity index is 786. The van der Waals surface area contributed by atoms with E-state index in [0.717, 1.165) is 0 Å². The molecule has 0 N–H and O–H groups in total. The molecule has 2 aromatic rings. The molecule has 0 radical (unpaired) electrons. The van der Waals surface area contributed by atoms with Gasteiger partial charge in [-0.25, -0.2) is 36.4 Å². The molecule has 0 fully saturated rings. The first-order chi connectivity index (χ1) is 16.8. The summed E-state index contributed by atoms with van der Waals surface area (Å²) >= 11 is 0. The molecule has 0 saturated carbocycles. The van der Waals surface area contributed by atoms with E-state index in [2.05, 4.69) is 144 Å². The van der Waals surface area contributed by atoms with Gasteiger partial charge in [0.05, 0.1) is 0 Å². The van der Waals surface area contributed by atoms with Crippen LogP contribution in [0.15, 0.2) is 36.4 Å². The largest absolute Gasteiger partial charge is 2.00 e. The normalized spacial score (nSPS) is 7.74.